The van der Waals surface area contributed by atoms with Gasteiger partial charge in [0.25, 0.3) is 0 Å². The highest BCUT2D eigenvalue weighted by Crippen LogP contribution is 2.32. The number of H-pyrrole nitrogens is 1. The van der Waals surface area contributed by atoms with E-state index in [2.05, 4.69) is 4.98 Å². The van der Waals surface area contributed by atoms with E-state index in [1.165, 1.54) is 12.1 Å². The molecule has 3 nitrogen and oxygen atoms in total. The smallest absolute Gasteiger partial charge is 0.306 e. The second kappa shape index (κ2) is 2.95. The average Bonchev–Trinajstić information content (AvgIpc) is 2.42. The Labute approximate surface area is 85.5 Å². The van der Waals surface area contributed by atoms with Gasteiger partial charge in [0.2, 0.25) is 0 Å². The molecule has 0 radical (unpaired) electrons. The first-order chi connectivity index (χ1) is 7.25. The maximum atomic E-state index is 13.1. The summed E-state index contributed by atoms with van der Waals surface area (Å²) in [4.78, 5) is 14.4. The minimum atomic E-state index is -0.297. The summed E-state index contributed by atoms with van der Waals surface area (Å²) >= 11 is 0. The van der Waals surface area contributed by atoms with Crippen molar-refractivity contribution in [2.75, 3.05) is 0 Å². The van der Waals surface area contributed by atoms with Crippen LogP contribution in [-0.4, -0.2) is 9.55 Å². The summed E-state index contributed by atoms with van der Waals surface area (Å²) in [6, 6.07) is 4.66. The van der Waals surface area contributed by atoms with Gasteiger partial charge in [-0.15, -0.1) is 0 Å². The molecule has 0 unspecified atom stereocenters. The molecule has 1 heterocycles. The predicted octanol–water partition coefficient (Wildman–Crippen LogP) is 2.19. The fourth-order valence-electron chi connectivity index (χ4n) is 2.10. The van der Waals surface area contributed by atoms with Gasteiger partial charge in [0.1, 0.15) is 5.82 Å². The second-order valence-electron chi connectivity index (χ2n) is 4.05. The third-order valence-corrected chi connectivity index (χ3v) is 3.12. The van der Waals surface area contributed by atoms with Crippen molar-refractivity contribution >= 4 is 11.0 Å². The summed E-state index contributed by atoms with van der Waals surface area (Å²) in [6.45, 7) is 0. The number of imidazole rings is 1. The predicted molar refractivity (Wildman–Crippen MR) is 55.4 cm³/mol. The summed E-state index contributed by atoms with van der Waals surface area (Å²) < 4.78 is 14.8. The van der Waals surface area contributed by atoms with E-state index < -0.39 is 0 Å². The molecular formula is C11H11FN2O. The van der Waals surface area contributed by atoms with Crippen molar-refractivity contribution < 1.29 is 4.39 Å². The molecule has 1 aromatic carbocycles. The number of benzene rings is 1. The number of aromatic nitrogens is 2. The number of fused-ring (bicyclic) bond motifs is 1. The molecule has 2 aromatic rings. The molecule has 0 atom stereocenters. The van der Waals surface area contributed by atoms with Gasteiger partial charge in [0.15, 0.2) is 0 Å². The minimum absolute atomic E-state index is 0.125. The zero-order valence-electron chi connectivity index (χ0n) is 8.16. The van der Waals surface area contributed by atoms with E-state index in [0.717, 1.165) is 19.3 Å². The van der Waals surface area contributed by atoms with Gasteiger partial charge in [0, 0.05) is 6.04 Å². The fraction of sp³-hybridized carbons (Fsp3) is 0.364. The molecule has 4 heteroatoms. The van der Waals surface area contributed by atoms with Crippen molar-refractivity contribution in [3.05, 3.63) is 34.5 Å². The molecule has 0 spiro atoms. The first-order valence-corrected chi connectivity index (χ1v) is 5.15. The van der Waals surface area contributed by atoms with Crippen LogP contribution in [0, 0.1) is 5.82 Å². The number of rotatable bonds is 1. The SMILES string of the molecule is O=c1[nH]c2ccc(F)cc2n1C1CCC1. The van der Waals surface area contributed by atoms with E-state index in [1.54, 1.807) is 10.6 Å². The van der Waals surface area contributed by atoms with E-state index in [1.807, 2.05) is 0 Å². The minimum Gasteiger partial charge on any atom is -0.306 e. The van der Waals surface area contributed by atoms with Gasteiger partial charge in [-0.2, -0.15) is 0 Å². The second-order valence-corrected chi connectivity index (χ2v) is 4.05. The Morgan fingerprint density at radius 2 is 2.20 bits per heavy atom. The van der Waals surface area contributed by atoms with Gasteiger partial charge < -0.3 is 4.98 Å². The molecule has 1 saturated carbocycles. The third-order valence-electron chi connectivity index (χ3n) is 3.12. The monoisotopic (exact) mass is 206 g/mol. The standard InChI is InChI=1S/C11H11FN2O/c12-7-4-5-9-10(6-7)14(11(15)13-9)8-2-1-3-8/h4-6,8H,1-3H2,(H,13,15). The third kappa shape index (κ3) is 1.21. The van der Waals surface area contributed by atoms with E-state index in [4.69, 9.17) is 0 Å². The normalized spacial score (nSPS) is 16.9. The average molecular weight is 206 g/mol. The van der Waals surface area contributed by atoms with Crippen molar-refractivity contribution in [3.8, 4) is 0 Å². The van der Waals surface area contributed by atoms with Crippen molar-refractivity contribution in [2.24, 2.45) is 0 Å². The highest BCUT2D eigenvalue weighted by molar-refractivity contribution is 5.75. The fourth-order valence-corrected chi connectivity index (χ4v) is 2.10. The van der Waals surface area contributed by atoms with Crippen LogP contribution < -0.4 is 5.69 Å². The number of nitrogens with one attached hydrogen (secondary N) is 1. The molecule has 0 bridgehead atoms. The topological polar surface area (TPSA) is 37.8 Å². The molecule has 0 aliphatic heterocycles. The summed E-state index contributed by atoms with van der Waals surface area (Å²) in [7, 11) is 0. The summed E-state index contributed by atoms with van der Waals surface area (Å²) in [6.07, 6.45) is 3.19. The molecule has 0 amide bonds. The van der Waals surface area contributed by atoms with E-state index in [9.17, 15) is 9.18 Å². The first kappa shape index (κ1) is 8.71. The van der Waals surface area contributed by atoms with Crippen LogP contribution in [0.25, 0.3) is 11.0 Å². The van der Waals surface area contributed by atoms with Crippen molar-refractivity contribution in [3.63, 3.8) is 0 Å². The Bertz CT molecular complexity index is 565. The number of halogens is 1. The van der Waals surface area contributed by atoms with E-state index in [-0.39, 0.29) is 17.5 Å². The van der Waals surface area contributed by atoms with Crippen molar-refractivity contribution in [2.45, 2.75) is 25.3 Å². The molecule has 1 N–H and O–H groups in total. The first-order valence-electron chi connectivity index (χ1n) is 5.15. The molecule has 3 rings (SSSR count). The number of hydrogen-bond donors (Lipinski definition) is 1. The van der Waals surface area contributed by atoms with Crippen molar-refractivity contribution in [1.29, 1.82) is 0 Å². The van der Waals surface area contributed by atoms with Crippen molar-refractivity contribution in [1.82, 2.24) is 9.55 Å². The van der Waals surface area contributed by atoms with Gasteiger partial charge >= 0.3 is 5.69 Å². The van der Waals surface area contributed by atoms with Crippen LogP contribution in [0.1, 0.15) is 25.3 Å². The van der Waals surface area contributed by atoms with Gasteiger partial charge in [-0.25, -0.2) is 9.18 Å². The van der Waals surface area contributed by atoms with Crippen LogP contribution >= 0.6 is 0 Å². The molecule has 0 saturated heterocycles. The number of aromatic amines is 1. The summed E-state index contributed by atoms with van der Waals surface area (Å²) in [5, 5.41) is 0. The van der Waals surface area contributed by atoms with E-state index >= 15 is 0 Å². The lowest BCUT2D eigenvalue weighted by atomic mass is 9.93. The maximum Gasteiger partial charge on any atom is 0.326 e. The molecule has 1 fully saturated rings. The highest BCUT2D eigenvalue weighted by Gasteiger charge is 2.23. The zero-order valence-corrected chi connectivity index (χ0v) is 8.16. The lowest BCUT2D eigenvalue weighted by Crippen LogP contribution is -2.26. The van der Waals surface area contributed by atoms with Crippen LogP contribution in [0.15, 0.2) is 23.0 Å². The molecule has 15 heavy (non-hydrogen) atoms. The Balaban J connectivity index is 2.29. The van der Waals surface area contributed by atoms with Gasteiger partial charge in [0.05, 0.1) is 11.0 Å². The number of nitrogens with zero attached hydrogens (tertiary/aromatic N) is 1. The van der Waals surface area contributed by atoms with Crippen LogP contribution in [0.2, 0.25) is 0 Å². The summed E-state index contributed by atoms with van der Waals surface area (Å²) in [5.41, 5.74) is 1.28. The van der Waals surface area contributed by atoms with Crippen LogP contribution in [0.3, 0.4) is 0 Å². The quantitative estimate of drug-likeness (QED) is 0.763. The Morgan fingerprint density at radius 1 is 1.40 bits per heavy atom. The Kier molecular flexibility index (Phi) is 1.71. The summed E-state index contributed by atoms with van der Waals surface area (Å²) in [5.74, 6) is -0.297. The Morgan fingerprint density at radius 3 is 2.87 bits per heavy atom. The molecule has 78 valence electrons. The molecule has 1 aliphatic carbocycles. The van der Waals surface area contributed by atoms with Crippen LogP contribution in [-0.2, 0) is 0 Å². The highest BCUT2D eigenvalue weighted by atomic mass is 19.1. The number of hydrogen-bond acceptors (Lipinski definition) is 1. The Hall–Kier alpha value is -1.58. The van der Waals surface area contributed by atoms with Gasteiger partial charge in [-0.3, -0.25) is 4.57 Å². The lowest BCUT2D eigenvalue weighted by molar-refractivity contribution is 0.314. The maximum absolute atomic E-state index is 13.1. The molecule has 1 aromatic heterocycles. The largest absolute Gasteiger partial charge is 0.326 e. The molecular weight excluding hydrogens is 195 g/mol. The van der Waals surface area contributed by atoms with Crippen LogP contribution in [0.4, 0.5) is 4.39 Å². The van der Waals surface area contributed by atoms with Gasteiger partial charge in [-0.05, 0) is 37.5 Å². The zero-order chi connectivity index (χ0) is 10.4. The molecule has 1 aliphatic rings. The van der Waals surface area contributed by atoms with Crippen LogP contribution in [0.5, 0.6) is 0 Å². The lowest BCUT2D eigenvalue weighted by Gasteiger charge is -2.26. The van der Waals surface area contributed by atoms with E-state index in [0.29, 0.717) is 11.0 Å². The van der Waals surface area contributed by atoms with Gasteiger partial charge in [-0.1, -0.05) is 0 Å².